The van der Waals surface area contributed by atoms with Gasteiger partial charge in [0, 0.05) is 17.7 Å². The molecule has 0 radical (unpaired) electrons. The monoisotopic (exact) mass is 376 g/mol. The van der Waals surface area contributed by atoms with Crippen LogP contribution in [0.3, 0.4) is 0 Å². The molecule has 0 aliphatic carbocycles. The molecule has 1 rings (SSSR count). The van der Waals surface area contributed by atoms with E-state index in [-0.39, 0.29) is 18.4 Å². The zero-order chi connectivity index (χ0) is 14.4. The summed E-state index contributed by atoms with van der Waals surface area (Å²) in [6, 6.07) is 7.59. The number of anilines is 1. The molecule has 0 saturated carbocycles. The molecule has 0 fully saturated rings. The van der Waals surface area contributed by atoms with Gasteiger partial charge in [-0.05, 0) is 34.7 Å². The molecule has 0 saturated heterocycles. The zero-order valence-electron chi connectivity index (χ0n) is 11.4. The Bertz CT molecular complexity index is 463. The largest absolute Gasteiger partial charge is 0.344 e. The molecule has 0 aliphatic heterocycles. The standard InChI is InChI=1S/C13H18IN3O2/c1-16(2)13(19)9-17(3)8-12(18)15-11-7-5-4-6-10(11)14/h4-7H,8-9H2,1-3H3,(H,15,18)/p+1. The van der Waals surface area contributed by atoms with Gasteiger partial charge in [-0.15, -0.1) is 0 Å². The summed E-state index contributed by atoms with van der Waals surface area (Å²) in [6.45, 7) is 0.580. The number of quaternary nitrogens is 1. The maximum absolute atomic E-state index is 11.9. The first-order valence-corrected chi connectivity index (χ1v) is 7.04. The number of para-hydroxylation sites is 1. The molecule has 104 valence electrons. The lowest BCUT2D eigenvalue weighted by atomic mass is 10.3. The van der Waals surface area contributed by atoms with E-state index in [0.717, 1.165) is 14.2 Å². The number of hydrogen-bond acceptors (Lipinski definition) is 2. The third kappa shape index (κ3) is 5.56. The Morgan fingerprint density at radius 1 is 1.26 bits per heavy atom. The van der Waals surface area contributed by atoms with Crippen LogP contribution in [0.25, 0.3) is 0 Å². The summed E-state index contributed by atoms with van der Waals surface area (Å²) in [7, 11) is 5.25. The van der Waals surface area contributed by atoms with Gasteiger partial charge in [0.15, 0.2) is 13.1 Å². The third-order valence-corrected chi connectivity index (χ3v) is 3.50. The highest BCUT2D eigenvalue weighted by atomic mass is 127. The summed E-state index contributed by atoms with van der Waals surface area (Å²) in [5.74, 6) is -0.0761. The second-order valence-corrected chi connectivity index (χ2v) is 5.79. The second-order valence-electron chi connectivity index (χ2n) is 4.63. The number of nitrogens with zero attached hydrogens (tertiary/aromatic N) is 1. The molecule has 0 aromatic heterocycles. The molecule has 6 heteroatoms. The summed E-state index contributed by atoms with van der Waals surface area (Å²) in [5, 5.41) is 2.85. The molecule has 0 spiro atoms. The van der Waals surface area contributed by atoms with E-state index in [1.807, 2.05) is 31.3 Å². The number of carbonyl (C=O) groups is 2. The van der Waals surface area contributed by atoms with E-state index in [1.54, 1.807) is 14.1 Å². The maximum atomic E-state index is 11.9. The summed E-state index contributed by atoms with van der Waals surface area (Å²) in [5.41, 5.74) is 0.805. The zero-order valence-corrected chi connectivity index (χ0v) is 13.5. The number of amides is 2. The molecule has 0 heterocycles. The Kier molecular flexibility index (Phi) is 6.23. The Hall–Kier alpha value is -1.15. The predicted octanol–water partition coefficient (Wildman–Crippen LogP) is -0.167. The number of hydrogen-bond donors (Lipinski definition) is 2. The van der Waals surface area contributed by atoms with Gasteiger partial charge in [-0.3, -0.25) is 9.59 Å². The number of rotatable bonds is 5. The minimum Gasteiger partial charge on any atom is -0.344 e. The van der Waals surface area contributed by atoms with Crippen LogP contribution in [0.5, 0.6) is 0 Å². The van der Waals surface area contributed by atoms with Crippen LogP contribution in [0.2, 0.25) is 0 Å². The molecule has 1 unspecified atom stereocenters. The van der Waals surface area contributed by atoms with E-state index in [4.69, 9.17) is 0 Å². The van der Waals surface area contributed by atoms with Crippen molar-refractivity contribution in [2.45, 2.75) is 0 Å². The summed E-state index contributed by atoms with van der Waals surface area (Å²) in [6.07, 6.45) is 0. The van der Waals surface area contributed by atoms with Gasteiger partial charge in [0.05, 0.1) is 12.7 Å². The molecule has 19 heavy (non-hydrogen) atoms. The van der Waals surface area contributed by atoms with Crippen LogP contribution >= 0.6 is 22.6 Å². The van der Waals surface area contributed by atoms with Crippen LogP contribution in [0.4, 0.5) is 5.69 Å². The number of carbonyl (C=O) groups excluding carboxylic acids is 2. The highest BCUT2D eigenvalue weighted by Gasteiger charge is 2.15. The van der Waals surface area contributed by atoms with E-state index in [9.17, 15) is 9.59 Å². The number of halogens is 1. The van der Waals surface area contributed by atoms with E-state index in [0.29, 0.717) is 6.54 Å². The summed E-state index contributed by atoms with van der Waals surface area (Å²) >= 11 is 2.17. The van der Waals surface area contributed by atoms with Crippen molar-refractivity contribution in [2.24, 2.45) is 0 Å². The van der Waals surface area contributed by atoms with Gasteiger partial charge < -0.3 is 15.1 Å². The Morgan fingerprint density at radius 2 is 1.89 bits per heavy atom. The van der Waals surface area contributed by atoms with Crippen LogP contribution in [0.15, 0.2) is 24.3 Å². The van der Waals surface area contributed by atoms with Gasteiger partial charge in [0.25, 0.3) is 11.8 Å². The molecular weight excluding hydrogens is 357 g/mol. The Morgan fingerprint density at radius 3 is 2.47 bits per heavy atom. The third-order valence-electron chi connectivity index (χ3n) is 2.56. The van der Waals surface area contributed by atoms with Crippen molar-refractivity contribution in [1.29, 1.82) is 0 Å². The topological polar surface area (TPSA) is 53.9 Å². The van der Waals surface area contributed by atoms with Crippen molar-refractivity contribution in [3.8, 4) is 0 Å². The molecule has 2 N–H and O–H groups in total. The van der Waals surface area contributed by atoms with Crippen molar-refractivity contribution in [3.05, 3.63) is 27.8 Å². The lowest BCUT2D eigenvalue weighted by Crippen LogP contribution is -3.11. The minimum atomic E-state index is -0.0897. The lowest BCUT2D eigenvalue weighted by molar-refractivity contribution is -0.862. The van der Waals surface area contributed by atoms with Gasteiger partial charge in [-0.25, -0.2) is 0 Å². The maximum Gasteiger partial charge on any atom is 0.279 e. The van der Waals surface area contributed by atoms with Gasteiger partial charge in [0.1, 0.15) is 0 Å². The smallest absolute Gasteiger partial charge is 0.279 e. The molecule has 2 amide bonds. The fraction of sp³-hybridized carbons (Fsp3) is 0.385. The molecule has 5 nitrogen and oxygen atoms in total. The number of likely N-dealkylation sites (N-methyl/N-ethyl adjacent to an activating group) is 2. The van der Waals surface area contributed by atoms with Crippen LogP contribution in [-0.2, 0) is 9.59 Å². The Labute approximate surface area is 127 Å². The minimum absolute atomic E-state index is 0.0135. The molecule has 1 atom stereocenters. The average molecular weight is 376 g/mol. The van der Waals surface area contributed by atoms with Crippen LogP contribution in [-0.4, -0.2) is 50.9 Å². The van der Waals surface area contributed by atoms with E-state index in [1.165, 1.54) is 4.90 Å². The fourth-order valence-corrected chi connectivity index (χ4v) is 2.03. The highest BCUT2D eigenvalue weighted by Crippen LogP contribution is 2.16. The Balaban J connectivity index is 2.48. The molecule has 0 bridgehead atoms. The molecule has 1 aromatic carbocycles. The van der Waals surface area contributed by atoms with Gasteiger partial charge in [-0.2, -0.15) is 0 Å². The van der Waals surface area contributed by atoms with E-state index >= 15 is 0 Å². The second kappa shape index (κ2) is 7.44. The van der Waals surface area contributed by atoms with Crippen LogP contribution in [0, 0.1) is 3.57 Å². The van der Waals surface area contributed by atoms with E-state index in [2.05, 4.69) is 27.9 Å². The predicted molar refractivity (Wildman–Crippen MR) is 83.1 cm³/mol. The van der Waals surface area contributed by atoms with Crippen molar-refractivity contribution in [3.63, 3.8) is 0 Å². The quantitative estimate of drug-likeness (QED) is 0.702. The SMILES string of the molecule is CN(C)C(=O)C[NH+](C)CC(=O)Nc1ccccc1I. The average Bonchev–Trinajstić information content (AvgIpc) is 2.31. The van der Waals surface area contributed by atoms with Crippen molar-refractivity contribution >= 4 is 40.1 Å². The fourth-order valence-electron chi connectivity index (χ4n) is 1.51. The van der Waals surface area contributed by atoms with Crippen molar-refractivity contribution in [1.82, 2.24) is 4.90 Å². The molecular formula is C13H19IN3O2+. The van der Waals surface area contributed by atoms with Gasteiger partial charge in [-0.1, -0.05) is 12.1 Å². The van der Waals surface area contributed by atoms with Gasteiger partial charge in [0.2, 0.25) is 0 Å². The first kappa shape index (κ1) is 15.9. The highest BCUT2D eigenvalue weighted by molar-refractivity contribution is 14.1. The lowest BCUT2D eigenvalue weighted by Gasteiger charge is -2.16. The van der Waals surface area contributed by atoms with Crippen LogP contribution in [0.1, 0.15) is 0 Å². The van der Waals surface area contributed by atoms with E-state index < -0.39 is 0 Å². The summed E-state index contributed by atoms with van der Waals surface area (Å²) in [4.78, 5) is 25.8. The number of benzene rings is 1. The first-order chi connectivity index (χ1) is 8.90. The summed E-state index contributed by atoms with van der Waals surface area (Å²) < 4.78 is 0.996. The molecule has 0 aliphatic rings. The van der Waals surface area contributed by atoms with Gasteiger partial charge >= 0.3 is 0 Å². The normalized spacial score (nSPS) is 11.8. The van der Waals surface area contributed by atoms with Crippen molar-refractivity contribution in [2.75, 3.05) is 39.5 Å². The number of nitrogens with one attached hydrogen (secondary N) is 2. The van der Waals surface area contributed by atoms with Crippen LogP contribution < -0.4 is 10.2 Å². The van der Waals surface area contributed by atoms with Crippen molar-refractivity contribution < 1.29 is 14.5 Å². The first-order valence-electron chi connectivity index (χ1n) is 5.96. The molecule has 1 aromatic rings.